The third-order valence-corrected chi connectivity index (χ3v) is 2.44. The lowest BCUT2D eigenvalue weighted by molar-refractivity contribution is 0.0701. The van der Waals surface area contributed by atoms with Crippen LogP contribution >= 0.6 is 11.6 Å². The van der Waals surface area contributed by atoms with Gasteiger partial charge in [-0.3, -0.25) is 10.0 Å². The van der Waals surface area contributed by atoms with E-state index in [4.69, 9.17) is 16.8 Å². The van der Waals surface area contributed by atoms with E-state index in [2.05, 4.69) is 4.98 Å². The van der Waals surface area contributed by atoms with E-state index in [1.165, 1.54) is 0 Å². The number of hydrogen-bond donors (Lipinski definition) is 3. The number of nitrogens with one attached hydrogen (secondary N) is 2. The van der Waals surface area contributed by atoms with Crippen molar-refractivity contribution in [2.45, 2.75) is 0 Å². The Morgan fingerprint density at radius 2 is 1.88 bits per heavy atom. The molecule has 0 spiro atoms. The van der Waals surface area contributed by atoms with E-state index in [0.29, 0.717) is 10.7 Å². The zero-order valence-electron chi connectivity index (χ0n) is 8.20. The molecule has 1 heterocycles. The molecule has 1 aromatic heterocycles. The predicted molar refractivity (Wildman–Crippen MR) is 60.5 cm³/mol. The summed E-state index contributed by atoms with van der Waals surface area (Å²) in [6.07, 6.45) is 0. The SMILES string of the molecule is O=C(NO)c1ccc(-c2ccc(Cl)cc2)[nH]1. The Labute approximate surface area is 96.8 Å². The van der Waals surface area contributed by atoms with E-state index in [-0.39, 0.29) is 0 Å². The van der Waals surface area contributed by atoms with Crippen LogP contribution in [0.1, 0.15) is 10.5 Å². The molecule has 0 unspecified atom stereocenters. The summed E-state index contributed by atoms with van der Waals surface area (Å²) in [4.78, 5) is 14.0. The van der Waals surface area contributed by atoms with E-state index in [0.717, 1.165) is 11.3 Å². The number of aromatic amines is 1. The second kappa shape index (κ2) is 4.38. The van der Waals surface area contributed by atoms with Crippen LogP contribution in [0.4, 0.5) is 0 Å². The molecule has 0 saturated carbocycles. The molecule has 1 amide bonds. The number of aromatic nitrogens is 1. The number of carbonyl (C=O) groups excluding carboxylic acids is 1. The highest BCUT2D eigenvalue weighted by Gasteiger charge is 2.07. The fourth-order valence-corrected chi connectivity index (χ4v) is 1.51. The van der Waals surface area contributed by atoms with Crippen LogP contribution in [-0.4, -0.2) is 16.1 Å². The number of carbonyl (C=O) groups is 1. The molecule has 1 aromatic carbocycles. The first-order valence-corrected chi connectivity index (χ1v) is 4.98. The largest absolute Gasteiger partial charge is 0.350 e. The fraction of sp³-hybridized carbons (Fsp3) is 0. The van der Waals surface area contributed by atoms with Crippen molar-refractivity contribution in [3.05, 3.63) is 47.1 Å². The fourth-order valence-electron chi connectivity index (χ4n) is 1.39. The van der Waals surface area contributed by atoms with Gasteiger partial charge in [0.05, 0.1) is 0 Å². The van der Waals surface area contributed by atoms with Crippen molar-refractivity contribution in [1.29, 1.82) is 0 Å². The van der Waals surface area contributed by atoms with Crippen molar-refractivity contribution >= 4 is 17.5 Å². The number of benzene rings is 1. The van der Waals surface area contributed by atoms with Crippen LogP contribution < -0.4 is 5.48 Å². The zero-order chi connectivity index (χ0) is 11.5. The molecule has 2 rings (SSSR count). The highest BCUT2D eigenvalue weighted by molar-refractivity contribution is 6.30. The molecular formula is C11H9ClN2O2. The Kier molecular flexibility index (Phi) is 2.94. The molecule has 0 radical (unpaired) electrons. The monoisotopic (exact) mass is 236 g/mol. The van der Waals surface area contributed by atoms with Crippen molar-refractivity contribution in [3.63, 3.8) is 0 Å². The minimum Gasteiger partial charge on any atom is -0.350 e. The lowest BCUT2D eigenvalue weighted by Gasteiger charge is -1.98. The molecular weight excluding hydrogens is 228 g/mol. The van der Waals surface area contributed by atoms with Crippen LogP contribution in [0.25, 0.3) is 11.3 Å². The molecule has 5 heteroatoms. The summed E-state index contributed by atoms with van der Waals surface area (Å²) >= 11 is 5.77. The second-order valence-corrected chi connectivity index (χ2v) is 3.67. The van der Waals surface area contributed by atoms with Gasteiger partial charge >= 0.3 is 0 Å². The van der Waals surface area contributed by atoms with Crippen molar-refractivity contribution in [1.82, 2.24) is 10.5 Å². The zero-order valence-corrected chi connectivity index (χ0v) is 8.95. The first kappa shape index (κ1) is 10.7. The van der Waals surface area contributed by atoms with Gasteiger partial charge in [-0.25, -0.2) is 5.48 Å². The van der Waals surface area contributed by atoms with Gasteiger partial charge < -0.3 is 4.98 Å². The molecule has 0 atom stereocenters. The van der Waals surface area contributed by atoms with Gasteiger partial charge in [-0.2, -0.15) is 0 Å². The second-order valence-electron chi connectivity index (χ2n) is 3.23. The molecule has 0 saturated heterocycles. The van der Waals surface area contributed by atoms with Gasteiger partial charge in [0.25, 0.3) is 5.91 Å². The van der Waals surface area contributed by atoms with Crippen LogP contribution in [0.15, 0.2) is 36.4 Å². The van der Waals surface area contributed by atoms with E-state index in [1.807, 2.05) is 12.1 Å². The van der Waals surface area contributed by atoms with Crippen molar-refractivity contribution in [2.75, 3.05) is 0 Å². The lowest BCUT2D eigenvalue weighted by atomic mass is 10.2. The molecule has 0 aliphatic heterocycles. The maximum Gasteiger partial charge on any atom is 0.291 e. The highest BCUT2D eigenvalue weighted by atomic mass is 35.5. The first-order chi connectivity index (χ1) is 7.70. The molecule has 0 aliphatic rings. The van der Waals surface area contributed by atoms with E-state index >= 15 is 0 Å². The number of hydroxylamine groups is 1. The minimum absolute atomic E-state index is 0.299. The van der Waals surface area contributed by atoms with E-state index in [9.17, 15) is 4.79 Å². The smallest absolute Gasteiger partial charge is 0.291 e. The normalized spacial score (nSPS) is 10.1. The molecule has 2 aromatic rings. The molecule has 4 nitrogen and oxygen atoms in total. The number of amides is 1. The molecule has 0 aliphatic carbocycles. The maximum atomic E-state index is 11.1. The summed E-state index contributed by atoms with van der Waals surface area (Å²) in [5.74, 6) is -0.569. The minimum atomic E-state index is -0.569. The van der Waals surface area contributed by atoms with Crippen LogP contribution in [0.5, 0.6) is 0 Å². The number of rotatable bonds is 2. The Bertz CT molecular complexity index is 505. The molecule has 0 fully saturated rings. The van der Waals surface area contributed by atoms with Gasteiger partial charge in [-0.05, 0) is 29.8 Å². The van der Waals surface area contributed by atoms with Crippen molar-refractivity contribution < 1.29 is 10.0 Å². The van der Waals surface area contributed by atoms with E-state index < -0.39 is 5.91 Å². The first-order valence-electron chi connectivity index (χ1n) is 4.60. The van der Waals surface area contributed by atoms with Gasteiger partial charge in [0, 0.05) is 10.7 Å². The Balaban J connectivity index is 2.31. The number of halogens is 1. The molecule has 3 N–H and O–H groups in total. The van der Waals surface area contributed by atoms with Crippen molar-refractivity contribution in [3.8, 4) is 11.3 Å². The predicted octanol–water partition coefficient (Wildman–Crippen LogP) is 2.45. The van der Waals surface area contributed by atoms with Crippen LogP contribution in [0.2, 0.25) is 5.02 Å². The lowest BCUT2D eigenvalue weighted by Crippen LogP contribution is -2.18. The van der Waals surface area contributed by atoms with Crippen LogP contribution in [-0.2, 0) is 0 Å². The highest BCUT2D eigenvalue weighted by Crippen LogP contribution is 2.20. The molecule has 16 heavy (non-hydrogen) atoms. The van der Waals surface area contributed by atoms with Crippen LogP contribution in [0.3, 0.4) is 0 Å². The average molecular weight is 237 g/mol. The summed E-state index contributed by atoms with van der Waals surface area (Å²) < 4.78 is 0. The summed E-state index contributed by atoms with van der Waals surface area (Å²) in [7, 11) is 0. The molecule has 82 valence electrons. The molecule has 0 bridgehead atoms. The third-order valence-electron chi connectivity index (χ3n) is 2.19. The van der Waals surface area contributed by atoms with Crippen molar-refractivity contribution in [2.24, 2.45) is 0 Å². The Hall–Kier alpha value is -1.78. The van der Waals surface area contributed by atoms with Gasteiger partial charge in [-0.1, -0.05) is 23.7 Å². The van der Waals surface area contributed by atoms with Crippen LogP contribution in [0, 0.1) is 0 Å². The number of hydrogen-bond acceptors (Lipinski definition) is 2. The summed E-state index contributed by atoms with van der Waals surface area (Å²) in [6, 6.07) is 10.6. The third kappa shape index (κ3) is 2.08. The average Bonchev–Trinajstić information content (AvgIpc) is 2.78. The standard InChI is InChI=1S/C11H9ClN2O2/c12-8-3-1-7(2-4-8)9-5-6-10(13-9)11(15)14-16/h1-6,13,16H,(H,14,15). The Morgan fingerprint density at radius 1 is 1.19 bits per heavy atom. The van der Waals surface area contributed by atoms with E-state index in [1.54, 1.807) is 29.7 Å². The van der Waals surface area contributed by atoms with Gasteiger partial charge in [0.2, 0.25) is 0 Å². The summed E-state index contributed by atoms with van der Waals surface area (Å²) in [5.41, 5.74) is 3.57. The van der Waals surface area contributed by atoms with Gasteiger partial charge in [0.15, 0.2) is 0 Å². The van der Waals surface area contributed by atoms with Gasteiger partial charge in [-0.15, -0.1) is 0 Å². The Morgan fingerprint density at radius 3 is 2.50 bits per heavy atom. The number of H-pyrrole nitrogens is 1. The summed E-state index contributed by atoms with van der Waals surface area (Å²) in [6.45, 7) is 0. The summed E-state index contributed by atoms with van der Waals surface area (Å²) in [5, 5.41) is 9.12. The quantitative estimate of drug-likeness (QED) is 0.554. The topological polar surface area (TPSA) is 65.1 Å². The van der Waals surface area contributed by atoms with Gasteiger partial charge in [0.1, 0.15) is 5.69 Å². The maximum absolute atomic E-state index is 11.1.